The Bertz CT molecular complexity index is 162. The molecule has 0 fully saturated rings. The van der Waals surface area contributed by atoms with E-state index in [1.807, 2.05) is 0 Å². The van der Waals surface area contributed by atoms with Crippen molar-refractivity contribution in [1.29, 1.82) is 0 Å². The largest absolute Gasteiger partial charge is 0.312 e. The van der Waals surface area contributed by atoms with E-state index in [9.17, 15) is 0 Å². The summed E-state index contributed by atoms with van der Waals surface area (Å²) in [6.45, 7) is 20.3. The summed E-state index contributed by atoms with van der Waals surface area (Å²) in [6, 6.07) is 1.11. The first-order valence-corrected chi connectivity index (χ1v) is 6.31. The van der Waals surface area contributed by atoms with E-state index in [1.54, 1.807) is 0 Å². The van der Waals surface area contributed by atoms with Gasteiger partial charge in [0.1, 0.15) is 0 Å². The fourth-order valence-electron chi connectivity index (χ4n) is 2.34. The highest BCUT2D eigenvalue weighted by Crippen LogP contribution is 2.39. The van der Waals surface area contributed by atoms with Crippen molar-refractivity contribution in [1.82, 2.24) is 5.32 Å². The molecule has 0 aliphatic rings. The Morgan fingerprint density at radius 3 is 1.60 bits per heavy atom. The molecule has 0 rings (SSSR count). The van der Waals surface area contributed by atoms with Gasteiger partial charge in [-0.05, 0) is 37.5 Å². The van der Waals surface area contributed by atoms with Crippen molar-refractivity contribution in [3.05, 3.63) is 6.92 Å². The zero-order valence-electron chi connectivity index (χ0n) is 11.7. The van der Waals surface area contributed by atoms with E-state index in [0.717, 1.165) is 6.42 Å². The lowest BCUT2D eigenvalue weighted by Crippen LogP contribution is -2.40. The highest BCUT2D eigenvalue weighted by Gasteiger charge is 2.33. The predicted molar refractivity (Wildman–Crippen MR) is 69.8 cm³/mol. The molecular weight excluding hydrogens is 182 g/mol. The van der Waals surface area contributed by atoms with Crippen LogP contribution in [0.1, 0.15) is 54.9 Å². The Morgan fingerprint density at radius 2 is 1.33 bits per heavy atom. The molecular formula is C14H30N. The van der Waals surface area contributed by atoms with Gasteiger partial charge in [-0.1, -0.05) is 41.5 Å². The lowest BCUT2D eigenvalue weighted by atomic mass is 9.67. The van der Waals surface area contributed by atoms with Crippen LogP contribution in [0.3, 0.4) is 0 Å². The van der Waals surface area contributed by atoms with Crippen molar-refractivity contribution >= 4 is 0 Å². The van der Waals surface area contributed by atoms with Crippen LogP contribution in [0.4, 0.5) is 0 Å². The first kappa shape index (κ1) is 15.0. The summed E-state index contributed by atoms with van der Waals surface area (Å²) >= 11 is 0. The Kier molecular flexibility index (Phi) is 5.87. The summed E-state index contributed by atoms with van der Waals surface area (Å²) in [5, 5.41) is 3.57. The molecule has 0 spiro atoms. The molecule has 0 aromatic heterocycles. The molecule has 1 atom stereocenters. The molecule has 0 aliphatic heterocycles. The molecule has 0 saturated heterocycles. The maximum absolute atomic E-state index is 4.48. The zero-order valence-corrected chi connectivity index (χ0v) is 11.7. The van der Waals surface area contributed by atoms with Gasteiger partial charge in [0, 0.05) is 12.1 Å². The molecule has 0 saturated carbocycles. The molecule has 0 amide bonds. The third-order valence-corrected chi connectivity index (χ3v) is 3.60. The maximum Gasteiger partial charge on any atom is 0.00465 e. The van der Waals surface area contributed by atoms with E-state index in [2.05, 4.69) is 60.7 Å². The van der Waals surface area contributed by atoms with Gasteiger partial charge in [-0.15, -0.1) is 0 Å². The highest BCUT2D eigenvalue weighted by atomic mass is 14.9. The van der Waals surface area contributed by atoms with Gasteiger partial charge in [0.2, 0.25) is 0 Å². The molecule has 0 aliphatic carbocycles. The van der Waals surface area contributed by atoms with E-state index in [1.165, 1.54) is 0 Å². The standard InChI is InChI=1S/C14H30N/c1-10(2)14(8,11(3)4)9-13(7)15-12(5)6/h10-13,15H,8-9H2,1-7H3. The Labute approximate surface area is 97.0 Å². The molecule has 0 aromatic carbocycles. The molecule has 0 heterocycles. The monoisotopic (exact) mass is 212 g/mol. The fraction of sp³-hybridized carbons (Fsp3) is 0.929. The smallest absolute Gasteiger partial charge is 0.00465 e. The Hall–Kier alpha value is -0.0400. The van der Waals surface area contributed by atoms with E-state index < -0.39 is 0 Å². The second-order valence-corrected chi connectivity index (χ2v) is 5.97. The van der Waals surface area contributed by atoms with Crippen LogP contribution in [0.2, 0.25) is 0 Å². The number of hydrogen-bond donors (Lipinski definition) is 1. The van der Waals surface area contributed by atoms with Crippen LogP contribution in [0.15, 0.2) is 0 Å². The second-order valence-electron chi connectivity index (χ2n) is 5.97. The number of hydrogen-bond acceptors (Lipinski definition) is 1. The topological polar surface area (TPSA) is 12.0 Å². The quantitative estimate of drug-likeness (QED) is 0.704. The average Bonchev–Trinajstić information content (AvgIpc) is 2.01. The zero-order chi connectivity index (χ0) is 12.2. The van der Waals surface area contributed by atoms with Crippen LogP contribution in [-0.4, -0.2) is 12.1 Å². The van der Waals surface area contributed by atoms with E-state index in [-0.39, 0.29) is 5.41 Å². The molecule has 15 heavy (non-hydrogen) atoms. The minimum Gasteiger partial charge on any atom is -0.312 e. The van der Waals surface area contributed by atoms with Gasteiger partial charge < -0.3 is 5.32 Å². The summed E-state index contributed by atoms with van der Waals surface area (Å²) < 4.78 is 0. The lowest BCUT2D eigenvalue weighted by Gasteiger charge is -2.40. The fourth-order valence-corrected chi connectivity index (χ4v) is 2.34. The summed E-state index contributed by atoms with van der Waals surface area (Å²) in [5.74, 6) is 1.27. The Balaban J connectivity index is 4.42. The maximum atomic E-state index is 4.48. The van der Waals surface area contributed by atoms with Crippen molar-refractivity contribution in [3.63, 3.8) is 0 Å². The van der Waals surface area contributed by atoms with Crippen molar-refractivity contribution in [3.8, 4) is 0 Å². The van der Waals surface area contributed by atoms with Crippen LogP contribution in [0, 0.1) is 24.2 Å². The van der Waals surface area contributed by atoms with Crippen molar-refractivity contribution in [2.24, 2.45) is 17.3 Å². The summed E-state index contributed by atoms with van der Waals surface area (Å²) in [4.78, 5) is 0. The van der Waals surface area contributed by atoms with Gasteiger partial charge >= 0.3 is 0 Å². The van der Waals surface area contributed by atoms with Crippen LogP contribution in [-0.2, 0) is 0 Å². The van der Waals surface area contributed by atoms with Crippen LogP contribution >= 0.6 is 0 Å². The second kappa shape index (κ2) is 5.89. The normalized spacial score (nSPS) is 15.4. The van der Waals surface area contributed by atoms with Crippen LogP contribution in [0.5, 0.6) is 0 Å². The number of nitrogens with one attached hydrogen (secondary N) is 1. The van der Waals surface area contributed by atoms with Gasteiger partial charge in [-0.2, -0.15) is 0 Å². The molecule has 1 unspecified atom stereocenters. The first-order chi connectivity index (χ1) is 6.70. The van der Waals surface area contributed by atoms with Crippen molar-refractivity contribution in [2.45, 2.75) is 67.0 Å². The van der Waals surface area contributed by atoms with E-state index >= 15 is 0 Å². The van der Waals surface area contributed by atoms with Gasteiger partial charge in [-0.3, -0.25) is 0 Å². The summed E-state index contributed by atoms with van der Waals surface area (Å²) in [5.41, 5.74) is 0.196. The Morgan fingerprint density at radius 1 is 0.933 bits per heavy atom. The van der Waals surface area contributed by atoms with Crippen LogP contribution < -0.4 is 5.32 Å². The third-order valence-electron chi connectivity index (χ3n) is 3.60. The van der Waals surface area contributed by atoms with Gasteiger partial charge in [0.25, 0.3) is 0 Å². The summed E-state index contributed by atoms with van der Waals surface area (Å²) in [6.07, 6.45) is 1.15. The molecule has 1 N–H and O–H groups in total. The average molecular weight is 212 g/mol. The first-order valence-electron chi connectivity index (χ1n) is 6.31. The van der Waals surface area contributed by atoms with Gasteiger partial charge in [0.15, 0.2) is 0 Å². The highest BCUT2D eigenvalue weighted by molar-refractivity contribution is 4.90. The van der Waals surface area contributed by atoms with Gasteiger partial charge in [0.05, 0.1) is 0 Å². The van der Waals surface area contributed by atoms with Crippen LogP contribution in [0.25, 0.3) is 0 Å². The third kappa shape index (κ3) is 4.55. The van der Waals surface area contributed by atoms with E-state index in [4.69, 9.17) is 0 Å². The van der Waals surface area contributed by atoms with Crippen molar-refractivity contribution < 1.29 is 0 Å². The molecule has 1 radical (unpaired) electrons. The number of rotatable bonds is 6. The molecule has 1 nitrogen and oxygen atoms in total. The van der Waals surface area contributed by atoms with Gasteiger partial charge in [-0.25, -0.2) is 0 Å². The predicted octanol–water partition coefficient (Wildman–Crippen LogP) is 3.90. The SMILES string of the molecule is [CH2]C(CC(C)NC(C)C)(C(C)C)C(C)C. The summed E-state index contributed by atoms with van der Waals surface area (Å²) in [7, 11) is 0. The minimum absolute atomic E-state index is 0.196. The molecule has 91 valence electrons. The molecule has 1 heteroatoms. The lowest BCUT2D eigenvalue weighted by molar-refractivity contribution is 0.140. The van der Waals surface area contributed by atoms with E-state index in [0.29, 0.717) is 23.9 Å². The molecule has 0 aromatic rings. The minimum atomic E-state index is 0.196. The van der Waals surface area contributed by atoms with Crippen molar-refractivity contribution in [2.75, 3.05) is 0 Å². The molecule has 0 bridgehead atoms.